The molecule has 1 aromatic rings. The highest BCUT2D eigenvalue weighted by Gasteiger charge is 2.22. The first-order chi connectivity index (χ1) is 9.51. The molecule has 2 rings (SSSR count). The van der Waals surface area contributed by atoms with Crippen LogP contribution in [-0.4, -0.2) is 29.6 Å². The normalized spacial score (nSPS) is 14.6. The second kappa shape index (κ2) is 6.09. The Hall–Kier alpha value is -1.82. The lowest BCUT2D eigenvalue weighted by molar-refractivity contribution is -0.141. The Labute approximate surface area is 124 Å². The number of halogens is 1. The molecule has 0 saturated carbocycles. The van der Waals surface area contributed by atoms with E-state index in [1.807, 2.05) is 18.2 Å². The SMILES string of the molecule is CCC(NC(=O)C1=Cc2cc(Br)ccc2OC1)C(=O)O. The molecule has 1 atom stereocenters. The van der Waals surface area contributed by atoms with Crippen molar-refractivity contribution in [1.82, 2.24) is 5.32 Å². The molecule has 1 aliphatic heterocycles. The molecule has 1 amide bonds. The van der Waals surface area contributed by atoms with Gasteiger partial charge >= 0.3 is 5.97 Å². The van der Waals surface area contributed by atoms with Gasteiger partial charge < -0.3 is 15.2 Å². The van der Waals surface area contributed by atoms with E-state index in [1.54, 1.807) is 13.0 Å². The fourth-order valence-corrected chi connectivity index (χ4v) is 2.25. The monoisotopic (exact) mass is 339 g/mol. The van der Waals surface area contributed by atoms with Crippen LogP contribution in [0.5, 0.6) is 5.75 Å². The van der Waals surface area contributed by atoms with Crippen LogP contribution in [0.1, 0.15) is 18.9 Å². The van der Waals surface area contributed by atoms with Gasteiger partial charge in [-0.25, -0.2) is 4.79 Å². The van der Waals surface area contributed by atoms with Gasteiger partial charge in [-0.15, -0.1) is 0 Å². The number of hydrogen-bond donors (Lipinski definition) is 2. The molecule has 1 heterocycles. The fourth-order valence-electron chi connectivity index (χ4n) is 1.87. The summed E-state index contributed by atoms with van der Waals surface area (Å²) in [5.74, 6) is -0.749. The summed E-state index contributed by atoms with van der Waals surface area (Å²) in [7, 11) is 0. The number of nitrogens with one attached hydrogen (secondary N) is 1. The molecule has 1 unspecified atom stereocenters. The maximum Gasteiger partial charge on any atom is 0.326 e. The number of carbonyl (C=O) groups is 2. The zero-order valence-electron chi connectivity index (χ0n) is 10.9. The smallest absolute Gasteiger partial charge is 0.326 e. The van der Waals surface area contributed by atoms with Crippen LogP contribution in [0.15, 0.2) is 28.2 Å². The summed E-state index contributed by atoms with van der Waals surface area (Å²) in [6.45, 7) is 1.84. The largest absolute Gasteiger partial charge is 0.488 e. The van der Waals surface area contributed by atoms with Crippen molar-refractivity contribution in [2.24, 2.45) is 0 Å². The van der Waals surface area contributed by atoms with Crippen molar-refractivity contribution in [3.05, 3.63) is 33.8 Å². The fraction of sp³-hybridized carbons (Fsp3) is 0.286. The first-order valence-electron chi connectivity index (χ1n) is 6.18. The highest BCUT2D eigenvalue weighted by atomic mass is 79.9. The number of fused-ring (bicyclic) bond motifs is 1. The Morgan fingerprint density at radius 2 is 2.25 bits per heavy atom. The second-order valence-electron chi connectivity index (χ2n) is 4.41. The summed E-state index contributed by atoms with van der Waals surface area (Å²) in [6, 6.07) is 4.63. The van der Waals surface area contributed by atoms with Gasteiger partial charge in [-0.2, -0.15) is 0 Å². The summed E-state index contributed by atoms with van der Waals surface area (Å²) < 4.78 is 6.37. The molecule has 106 valence electrons. The van der Waals surface area contributed by atoms with Gasteiger partial charge in [0.25, 0.3) is 5.91 Å². The van der Waals surface area contributed by atoms with Crippen LogP contribution in [-0.2, 0) is 9.59 Å². The van der Waals surface area contributed by atoms with E-state index in [1.165, 1.54) is 0 Å². The van der Waals surface area contributed by atoms with Crippen LogP contribution < -0.4 is 10.1 Å². The topological polar surface area (TPSA) is 75.6 Å². The number of carboxylic acids is 1. The number of carbonyl (C=O) groups excluding carboxylic acids is 1. The lowest BCUT2D eigenvalue weighted by atomic mass is 10.1. The number of amides is 1. The minimum absolute atomic E-state index is 0.135. The maximum atomic E-state index is 12.0. The van der Waals surface area contributed by atoms with Crippen molar-refractivity contribution in [3.8, 4) is 5.75 Å². The summed E-state index contributed by atoms with van der Waals surface area (Å²) in [5.41, 5.74) is 1.20. The summed E-state index contributed by atoms with van der Waals surface area (Å²) in [6.07, 6.45) is 2.05. The van der Waals surface area contributed by atoms with E-state index in [2.05, 4.69) is 21.2 Å². The van der Waals surface area contributed by atoms with Gasteiger partial charge in [0, 0.05) is 10.0 Å². The Morgan fingerprint density at radius 3 is 2.90 bits per heavy atom. The molecule has 6 heteroatoms. The van der Waals surface area contributed by atoms with Crippen molar-refractivity contribution in [2.45, 2.75) is 19.4 Å². The highest BCUT2D eigenvalue weighted by Crippen LogP contribution is 2.29. The standard InChI is InChI=1S/C14H14BrNO4/c1-2-11(14(18)19)16-13(17)9-5-8-6-10(15)3-4-12(8)20-7-9/h3-6,11H,2,7H2,1H3,(H,16,17)(H,18,19). The zero-order chi connectivity index (χ0) is 14.7. The molecule has 0 bridgehead atoms. The minimum atomic E-state index is -1.04. The van der Waals surface area contributed by atoms with Gasteiger partial charge in [-0.05, 0) is 30.7 Å². The number of hydrogen-bond acceptors (Lipinski definition) is 3. The molecule has 20 heavy (non-hydrogen) atoms. The van der Waals surface area contributed by atoms with Crippen LogP contribution in [0.25, 0.3) is 6.08 Å². The quantitative estimate of drug-likeness (QED) is 0.881. The van der Waals surface area contributed by atoms with Crippen LogP contribution in [0.3, 0.4) is 0 Å². The lowest BCUT2D eigenvalue weighted by Crippen LogP contribution is -2.41. The number of aliphatic carboxylic acids is 1. The number of ether oxygens (including phenoxy) is 1. The average molecular weight is 340 g/mol. The molecule has 0 radical (unpaired) electrons. The molecule has 0 saturated heterocycles. The van der Waals surface area contributed by atoms with E-state index < -0.39 is 17.9 Å². The van der Waals surface area contributed by atoms with Crippen molar-refractivity contribution >= 4 is 33.9 Å². The molecule has 0 fully saturated rings. The summed E-state index contributed by atoms with van der Waals surface area (Å²) >= 11 is 3.35. The molecule has 1 aromatic carbocycles. The Morgan fingerprint density at radius 1 is 1.50 bits per heavy atom. The van der Waals surface area contributed by atoms with E-state index in [0.29, 0.717) is 17.7 Å². The third kappa shape index (κ3) is 3.19. The molecule has 0 aromatic heterocycles. The molecule has 1 aliphatic rings. The van der Waals surface area contributed by atoms with E-state index in [9.17, 15) is 9.59 Å². The van der Waals surface area contributed by atoms with Crippen LogP contribution >= 0.6 is 15.9 Å². The molecule has 5 nitrogen and oxygen atoms in total. The Balaban J connectivity index is 2.18. The molecular formula is C14H14BrNO4. The minimum Gasteiger partial charge on any atom is -0.488 e. The highest BCUT2D eigenvalue weighted by molar-refractivity contribution is 9.10. The number of rotatable bonds is 4. The maximum absolute atomic E-state index is 12.0. The van der Waals surface area contributed by atoms with Crippen molar-refractivity contribution in [2.75, 3.05) is 6.61 Å². The van der Waals surface area contributed by atoms with E-state index in [-0.39, 0.29) is 6.61 Å². The van der Waals surface area contributed by atoms with E-state index in [4.69, 9.17) is 9.84 Å². The molecule has 0 aliphatic carbocycles. The molecule has 0 spiro atoms. The van der Waals surface area contributed by atoms with Gasteiger partial charge in [0.15, 0.2) is 0 Å². The zero-order valence-corrected chi connectivity index (χ0v) is 12.4. The van der Waals surface area contributed by atoms with Crippen LogP contribution in [0, 0.1) is 0 Å². The third-order valence-corrected chi connectivity index (χ3v) is 3.48. The first-order valence-corrected chi connectivity index (χ1v) is 6.97. The van der Waals surface area contributed by atoms with Crippen molar-refractivity contribution in [1.29, 1.82) is 0 Å². The van der Waals surface area contributed by atoms with Gasteiger partial charge in [0.2, 0.25) is 0 Å². The van der Waals surface area contributed by atoms with E-state index in [0.717, 1.165) is 10.0 Å². The number of benzene rings is 1. The van der Waals surface area contributed by atoms with Crippen LogP contribution in [0.4, 0.5) is 0 Å². The summed E-state index contributed by atoms with van der Waals surface area (Å²) in [4.78, 5) is 23.0. The molecule has 2 N–H and O–H groups in total. The predicted octanol–water partition coefficient (Wildman–Crippen LogP) is 2.20. The van der Waals surface area contributed by atoms with E-state index >= 15 is 0 Å². The second-order valence-corrected chi connectivity index (χ2v) is 5.33. The Kier molecular flexibility index (Phi) is 4.44. The average Bonchev–Trinajstić information content (AvgIpc) is 2.43. The van der Waals surface area contributed by atoms with Crippen molar-refractivity contribution < 1.29 is 19.4 Å². The third-order valence-electron chi connectivity index (χ3n) is 2.99. The predicted molar refractivity (Wildman–Crippen MR) is 77.5 cm³/mol. The summed E-state index contributed by atoms with van der Waals surface area (Å²) in [5, 5.41) is 11.4. The lowest BCUT2D eigenvalue weighted by Gasteiger charge is -2.19. The van der Waals surface area contributed by atoms with Gasteiger partial charge in [0.1, 0.15) is 18.4 Å². The number of carboxylic acid groups (broad SMARTS) is 1. The molecular weight excluding hydrogens is 326 g/mol. The van der Waals surface area contributed by atoms with Crippen LogP contribution in [0.2, 0.25) is 0 Å². The van der Waals surface area contributed by atoms with Crippen molar-refractivity contribution in [3.63, 3.8) is 0 Å². The van der Waals surface area contributed by atoms with Gasteiger partial charge in [-0.1, -0.05) is 22.9 Å². The first kappa shape index (κ1) is 14.6. The Bertz CT molecular complexity index is 583. The van der Waals surface area contributed by atoms with Gasteiger partial charge in [-0.3, -0.25) is 4.79 Å². The van der Waals surface area contributed by atoms with Gasteiger partial charge in [0.05, 0.1) is 5.57 Å².